The van der Waals surface area contributed by atoms with Crippen LogP contribution in [0.25, 0.3) is 10.9 Å². The zero-order valence-corrected chi connectivity index (χ0v) is 17.3. The van der Waals surface area contributed by atoms with Crippen LogP contribution in [0.3, 0.4) is 0 Å². The van der Waals surface area contributed by atoms with Gasteiger partial charge in [-0.25, -0.2) is 22.8 Å². The van der Waals surface area contributed by atoms with Crippen molar-refractivity contribution in [1.82, 2.24) is 14.3 Å². The first kappa shape index (κ1) is 20.3. The zero-order chi connectivity index (χ0) is 21.3. The van der Waals surface area contributed by atoms with Crippen LogP contribution in [0.2, 0.25) is 0 Å². The number of fused-ring (bicyclic) bond motifs is 1. The third-order valence-corrected chi connectivity index (χ3v) is 6.19. The van der Waals surface area contributed by atoms with Crippen molar-refractivity contribution in [3.8, 4) is 11.5 Å². The molecule has 30 heavy (non-hydrogen) atoms. The van der Waals surface area contributed by atoms with Gasteiger partial charge < -0.3 is 14.8 Å². The first-order chi connectivity index (χ1) is 14.3. The van der Waals surface area contributed by atoms with Gasteiger partial charge in [0.15, 0.2) is 11.5 Å². The second-order valence-electron chi connectivity index (χ2n) is 7.00. The molecule has 1 fully saturated rings. The highest BCUT2D eigenvalue weighted by Crippen LogP contribution is 2.36. The Hall–Kier alpha value is -2.98. The van der Waals surface area contributed by atoms with Gasteiger partial charge in [-0.05, 0) is 24.6 Å². The Morgan fingerprint density at radius 3 is 2.70 bits per heavy atom. The summed E-state index contributed by atoms with van der Waals surface area (Å²) in [6.07, 6.45) is 2.83. The van der Waals surface area contributed by atoms with E-state index in [0.29, 0.717) is 41.2 Å². The van der Waals surface area contributed by atoms with Gasteiger partial charge in [-0.15, -0.1) is 0 Å². The Balaban J connectivity index is 1.67. The summed E-state index contributed by atoms with van der Waals surface area (Å²) in [7, 11) is -1.75. The van der Waals surface area contributed by atoms with Crippen LogP contribution in [-0.2, 0) is 10.0 Å². The van der Waals surface area contributed by atoms with Crippen LogP contribution in [0.5, 0.6) is 11.5 Å². The summed E-state index contributed by atoms with van der Waals surface area (Å²) in [6, 6.07) is 9.73. The molecular weight excluding hydrogens is 411 g/mol. The molecule has 0 amide bonds. The summed E-state index contributed by atoms with van der Waals surface area (Å²) in [5, 5.41) is 3.61. The van der Waals surface area contributed by atoms with Gasteiger partial charge in [-0.2, -0.15) is 4.31 Å². The lowest BCUT2D eigenvalue weighted by molar-refractivity contribution is 0.206. The van der Waals surface area contributed by atoms with Gasteiger partial charge in [-0.1, -0.05) is 12.1 Å². The molecular formula is C20H21FN4O4S. The van der Waals surface area contributed by atoms with Gasteiger partial charge in [0.1, 0.15) is 24.1 Å². The molecule has 0 aliphatic carbocycles. The van der Waals surface area contributed by atoms with Crippen molar-refractivity contribution in [1.29, 1.82) is 0 Å². The first-order valence-electron chi connectivity index (χ1n) is 9.31. The van der Waals surface area contributed by atoms with Crippen LogP contribution in [0, 0.1) is 5.82 Å². The van der Waals surface area contributed by atoms with E-state index in [1.54, 1.807) is 30.3 Å². The van der Waals surface area contributed by atoms with Gasteiger partial charge in [0.2, 0.25) is 10.0 Å². The lowest BCUT2D eigenvalue weighted by atomic mass is 10.2. The minimum atomic E-state index is -3.27. The van der Waals surface area contributed by atoms with Crippen LogP contribution < -0.4 is 14.8 Å². The summed E-state index contributed by atoms with van der Waals surface area (Å²) in [5.41, 5.74) is 0.882. The third-order valence-electron chi connectivity index (χ3n) is 4.92. The van der Waals surface area contributed by atoms with E-state index in [-0.39, 0.29) is 18.3 Å². The Bertz CT molecular complexity index is 1190. The van der Waals surface area contributed by atoms with Crippen LogP contribution >= 0.6 is 0 Å². The number of anilines is 2. The lowest BCUT2D eigenvalue weighted by Crippen LogP contribution is -2.29. The van der Waals surface area contributed by atoms with E-state index in [1.807, 2.05) is 0 Å². The SMILES string of the molecule is COc1cc2ncnc(Nc3ccccc3F)c2cc1O[C@H]1CCN(S(C)(=O)=O)C1. The average molecular weight is 432 g/mol. The average Bonchev–Trinajstić information content (AvgIpc) is 3.19. The molecule has 2 heterocycles. The van der Waals surface area contributed by atoms with E-state index in [2.05, 4.69) is 15.3 Å². The van der Waals surface area contributed by atoms with Gasteiger partial charge in [0, 0.05) is 18.0 Å². The second-order valence-corrected chi connectivity index (χ2v) is 8.98. The molecule has 8 nitrogen and oxygen atoms in total. The highest BCUT2D eigenvalue weighted by atomic mass is 32.2. The molecule has 0 radical (unpaired) electrons. The van der Waals surface area contributed by atoms with Crippen molar-refractivity contribution in [3.05, 3.63) is 48.5 Å². The molecule has 1 aromatic heterocycles. The predicted octanol–water partition coefficient (Wildman–Crippen LogP) is 2.93. The highest BCUT2D eigenvalue weighted by Gasteiger charge is 2.30. The molecule has 1 aliphatic rings. The van der Waals surface area contributed by atoms with Gasteiger partial charge in [0.25, 0.3) is 0 Å². The fourth-order valence-electron chi connectivity index (χ4n) is 3.38. The predicted molar refractivity (Wildman–Crippen MR) is 111 cm³/mol. The van der Waals surface area contributed by atoms with Crippen LogP contribution in [0.15, 0.2) is 42.7 Å². The number of benzene rings is 2. The topological polar surface area (TPSA) is 93.7 Å². The number of nitrogens with one attached hydrogen (secondary N) is 1. The molecule has 0 unspecified atom stereocenters. The number of hydrogen-bond acceptors (Lipinski definition) is 7. The number of halogens is 1. The number of rotatable bonds is 6. The molecule has 0 bridgehead atoms. The van der Waals surface area contributed by atoms with Crippen molar-refractivity contribution in [2.45, 2.75) is 12.5 Å². The summed E-state index contributed by atoms with van der Waals surface area (Å²) >= 11 is 0. The van der Waals surface area contributed by atoms with Crippen LogP contribution in [0.1, 0.15) is 6.42 Å². The Labute approximate surface area is 173 Å². The molecule has 1 aliphatic heterocycles. The van der Waals surface area contributed by atoms with Gasteiger partial charge in [-0.3, -0.25) is 0 Å². The molecule has 2 aromatic carbocycles. The molecule has 158 valence electrons. The number of sulfonamides is 1. The molecule has 0 spiro atoms. The van der Waals surface area contributed by atoms with Crippen molar-refractivity contribution in [3.63, 3.8) is 0 Å². The van der Waals surface area contributed by atoms with Crippen LogP contribution in [-0.4, -0.2) is 55.3 Å². The molecule has 0 saturated carbocycles. The minimum Gasteiger partial charge on any atom is -0.493 e. The Kier molecular flexibility index (Phi) is 5.44. The highest BCUT2D eigenvalue weighted by molar-refractivity contribution is 7.88. The summed E-state index contributed by atoms with van der Waals surface area (Å²) in [5.74, 6) is 0.926. The van der Waals surface area contributed by atoms with Crippen molar-refractivity contribution in [2.75, 3.05) is 31.8 Å². The van der Waals surface area contributed by atoms with E-state index in [1.165, 1.54) is 30.1 Å². The normalized spacial score (nSPS) is 17.2. The maximum Gasteiger partial charge on any atom is 0.211 e. The number of para-hydroxylation sites is 1. The monoisotopic (exact) mass is 432 g/mol. The second kappa shape index (κ2) is 8.04. The molecule has 4 rings (SSSR count). The fourth-order valence-corrected chi connectivity index (χ4v) is 4.25. The van der Waals surface area contributed by atoms with Crippen molar-refractivity contribution >= 4 is 32.4 Å². The minimum absolute atomic E-state index is 0.269. The molecule has 1 N–H and O–H groups in total. The maximum atomic E-state index is 14.1. The number of nitrogens with zero attached hydrogens (tertiary/aromatic N) is 3. The van der Waals surface area contributed by atoms with Gasteiger partial charge >= 0.3 is 0 Å². The maximum absolute atomic E-state index is 14.1. The van der Waals surface area contributed by atoms with Crippen LogP contribution in [0.4, 0.5) is 15.9 Å². The fraction of sp³-hybridized carbons (Fsp3) is 0.300. The largest absolute Gasteiger partial charge is 0.493 e. The Morgan fingerprint density at radius 2 is 2.00 bits per heavy atom. The van der Waals surface area contributed by atoms with Gasteiger partial charge in [0.05, 0.1) is 31.1 Å². The molecule has 10 heteroatoms. The molecule has 1 saturated heterocycles. The molecule has 1 atom stereocenters. The van der Waals surface area contributed by atoms with Crippen molar-refractivity contribution in [2.24, 2.45) is 0 Å². The first-order valence-corrected chi connectivity index (χ1v) is 11.2. The summed E-state index contributed by atoms with van der Waals surface area (Å²) in [6.45, 7) is 0.675. The third kappa shape index (κ3) is 4.14. The van der Waals surface area contributed by atoms with E-state index in [0.717, 1.165) is 0 Å². The number of methoxy groups -OCH3 is 1. The van der Waals surface area contributed by atoms with E-state index < -0.39 is 15.8 Å². The summed E-state index contributed by atoms with van der Waals surface area (Å²) < 4.78 is 50.5. The number of ether oxygens (including phenoxy) is 2. The van der Waals surface area contributed by atoms with E-state index in [4.69, 9.17) is 9.47 Å². The Morgan fingerprint density at radius 1 is 1.20 bits per heavy atom. The van der Waals surface area contributed by atoms with E-state index in [9.17, 15) is 12.8 Å². The van der Waals surface area contributed by atoms with E-state index >= 15 is 0 Å². The standard InChI is InChI=1S/C20H21FN4O4S/c1-28-18-10-17-14(9-19(18)29-13-7-8-25(11-13)30(2,26)27)20(23-12-22-17)24-16-6-4-3-5-15(16)21/h3-6,9-10,12-13H,7-8,11H2,1-2H3,(H,22,23,24)/t13-/m0/s1. The quantitative estimate of drug-likeness (QED) is 0.640. The number of aromatic nitrogens is 2. The summed E-state index contributed by atoms with van der Waals surface area (Å²) in [4.78, 5) is 8.51. The van der Waals surface area contributed by atoms with Crippen molar-refractivity contribution < 1.29 is 22.3 Å². The molecule has 3 aromatic rings. The number of hydrogen-bond donors (Lipinski definition) is 1. The lowest BCUT2D eigenvalue weighted by Gasteiger charge is -2.18. The zero-order valence-electron chi connectivity index (χ0n) is 16.5. The smallest absolute Gasteiger partial charge is 0.211 e.